The summed E-state index contributed by atoms with van der Waals surface area (Å²) >= 11 is 0. The number of rotatable bonds is 4. The van der Waals surface area contributed by atoms with E-state index in [1.165, 1.54) is 5.56 Å². The third-order valence-electron chi connectivity index (χ3n) is 5.70. The Kier molecular flexibility index (Phi) is 5.62. The van der Waals surface area contributed by atoms with Crippen LogP contribution in [0.15, 0.2) is 60.9 Å². The van der Waals surface area contributed by atoms with E-state index in [1.807, 2.05) is 24.5 Å². The van der Waals surface area contributed by atoms with E-state index in [2.05, 4.69) is 72.0 Å². The molecule has 1 fully saturated rings. The molecule has 0 spiro atoms. The van der Waals surface area contributed by atoms with Gasteiger partial charge < -0.3 is 14.5 Å². The fourth-order valence-corrected chi connectivity index (χ4v) is 3.86. The van der Waals surface area contributed by atoms with Crippen molar-refractivity contribution < 1.29 is 4.74 Å². The second-order valence-electron chi connectivity index (χ2n) is 8.74. The van der Waals surface area contributed by atoms with Crippen LogP contribution >= 0.6 is 0 Å². The highest BCUT2D eigenvalue weighted by Gasteiger charge is 2.21. The van der Waals surface area contributed by atoms with Gasteiger partial charge in [-0.25, -0.2) is 4.98 Å². The third kappa shape index (κ3) is 4.25. The van der Waals surface area contributed by atoms with E-state index in [0.29, 0.717) is 0 Å². The van der Waals surface area contributed by atoms with Crippen molar-refractivity contribution in [2.45, 2.75) is 26.2 Å². The number of para-hydroxylation sites is 2. The number of nitrogens with zero attached hydrogens (tertiary/aromatic N) is 4. The summed E-state index contributed by atoms with van der Waals surface area (Å²) in [5.41, 5.74) is 4.64. The van der Waals surface area contributed by atoms with Crippen LogP contribution in [0, 0.1) is 0 Å². The number of anilines is 2. The zero-order valence-electron chi connectivity index (χ0n) is 18.3. The first-order valence-corrected chi connectivity index (χ1v) is 10.5. The Hall–Kier alpha value is -3.08. The van der Waals surface area contributed by atoms with E-state index in [-0.39, 0.29) is 5.41 Å². The molecule has 5 nitrogen and oxygen atoms in total. The molecule has 1 aliphatic heterocycles. The van der Waals surface area contributed by atoms with Crippen molar-refractivity contribution in [3.05, 3.63) is 66.5 Å². The van der Waals surface area contributed by atoms with E-state index in [9.17, 15) is 0 Å². The standard InChI is InChI=1S/C25H30N4O/c1-25(2,3)20-11-9-19(10-12-20)21-17-26-18-24(27-21)29-15-13-28(14-16-29)22-7-5-6-8-23(22)30-4/h5-12,17-18H,13-16H2,1-4H3. The average molecular weight is 403 g/mol. The number of hydrogen-bond donors (Lipinski definition) is 0. The minimum Gasteiger partial charge on any atom is -0.495 e. The second kappa shape index (κ2) is 8.34. The summed E-state index contributed by atoms with van der Waals surface area (Å²) in [4.78, 5) is 14.1. The molecular formula is C25H30N4O. The maximum atomic E-state index is 5.53. The molecule has 0 N–H and O–H groups in total. The molecule has 1 saturated heterocycles. The molecule has 156 valence electrons. The van der Waals surface area contributed by atoms with Gasteiger partial charge in [0.05, 0.1) is 30.9 Å². The van der Waals surface area contributed by atoms with Gasteiger partial charge in [0.1, 0.15) is 11.6 Å². The molecule has 2 aromatic carbocycles. The van der Waals surface area contributed by atoms with Crippen LogP contribution in [0.3, 0.4) is 0 Å². The van der Waals surface area contributed by atoms with Crippen LogP contribution in [0.25, 0.3) is 11.3 Å². The summed E-state index contributed by atoms with van der Waals surface area (Å²) in [6, 6.07) is 16.9. The number of hydrogen-bond acceptors (Lipinski definition) is 5. The zero-order chi connectivity index (χ0) is 21.1. The number of aromatic nitrogens is 2. The van der Waals surface area contributed by atoms with Crippen molar-refractivity contribution in [3.8, 4) is 17.0 Å². The van der Waals surface area contributed by atoms with Gasteiger partial charge in [0.25, 0.3) is 0 Å². The molecule has 1 aliphatic rings. The molecule has 0 amide bonds. The van der Waals surface area contributed by atoms with Gasteiger partial charge in [0, 0.05) is 31.7 Å². The average Bonchev–Trinajstić information content (AvgIpc) is 2.79. The smallest absolute Gasteiger partial charge is 0.147 e. The molecular weight excluding hydrogens is 372 g/mol. The third-order valence-corrected chi connectivity index (χ3v) is 5.70. The Morgan fingerprint density at radius 2 is 1.50 bits per heavy atom. The highest BCUT2D eigenvalue weighted by molar-refractivity contribution is 5.62. The van der Waals surface area contributed by atoms with Gasteiger partial charge in [0.2, 0.25) is 0 Å². The van der Waals surface area contributed by atoms with Crippen LogP contribution in [-0.2, 0) is 5.41 Å². The number of benzene rings is 2. The minimum absolute atomic E-state index is 0.146. The normalized spacial score (nSPS) is 14.7. The van der Waals surface area contributed by atoms with E-state index < -0.39 is 0 Å². The molecule has 0 radical (unpaired) electrons. The number of methoxy groups -OCH3 is 1. The fourth-order valence-electron chi connectivity index (χ4n) is 3.86. The first-order chi connectivity index (χ1) is 14.5. The lowest BCUT2D eigenvalue weighted by Gasteiger charge is -2.37. The van der Waals surface area contributed by atoms with E-state index >= 15 is 0 Å². The van der Waals surface area contributed by atoms with E-state index in [1.54, 1.807) is 7.11 Å². The van der Waals surface area contributed by atoms with Crippen molar-refractivity contribution in [2.75, 3.05) is 43.1 Å². The largest absolute Gasteiger partial charge is 0.495 e. The van der Waals surface area contributed by atoms with Crippen molar-refractivity contribution in [2.24, 2.45) is 0 Å². The summed E-state index contributed by atoms with van der Waals surface area (Å²) in [7, 11) is 1.73. The van der Waals surface area contributed by atoms with Crippen LogP contribution in [-0.4, -0.2) is 43.3 Å². The van der Waals surface area contributed by atoms with Crippen LogP contribution in [0.1, 0.15) is 26.3 Å². The fraction of sp³-hybridized carbons (Fsp3) is 0.360. The Morgan fingerprint density at radius 1 is 0.833 bits per heavy atom. The molecule has 1 aromatic heterocycles. The Bertz CT molecular complexity index is 987. The number of ether oxygens (including phenoxy) is 1. The van der Waals surface area contributed by atoms with Gasteiger partial charge in [-0.3, -0.25) is 4.98 Å². The predicted octanol–water partition coefficient (Wildman–Crippen LogP) is 4.78. The van der Waals surface area contributed by atoms with Crippen LogP contribution in [0.2, 0.25) is 0 Å². The molecule has 0 atom stereocenters. The molecule has 0 unspecified atom stereocenters. The van der Waals surface area contributed by atoms with Gasteiger partial charge in [-0.15, -0.1) is 0 Å². The van der Waals surface area contributed by atoms with Gasteiger partial charge in [-0.05, 0) is 23.1 Å². The topological polar surface area (TPSA) is 41.5 Å². The molecule has 2 heterocycles. The zero-order valence-corrected chi connectivity index (χ0v) is 18.3. The molecule has 0 aliphatic carbocycles. The first-order valence-electron chi connectivity index (χ1n) is 10.5. The first kappa shape index (κ1) is 20.2. The van der Waals surface area contributed by atoms with E-state index in [0.717, 1.165) is 54.7 Å². The number of piperazine rings is 1. The van der Waals surface area contributed by atoms with Gasteiger partial charge in [-0.1, -0.05) is 57.2 Å². The van der Waals surface area contributed by atoms with Gasteiger partial charge in [-0.2, -0.15) is 0 Å². The summed E-state index contributed by atoms with van der Waals surface area (Å²) in [6.45, 7) is 10.3. The highest BCUT2D eigenvalue weighted by Crippen LogP contribution is 2.30. The summed E-state index contributed by atoms with van der Waals surface area (Å²) in [5.74, 6) is 1.86. The molecule has 5 heteroatoms. The van der Waals surface area contributed by atoms with Crippen LogP contribution < -0.4 is 14.5 Å². The predicted molar refractivity (Wildman–Crippen MR) is 124 cm³/mol. The van der Waals surface area contributed by atoms with Crippen molar-refractivity contribution >= 4 is 11.5 Å². The maximum absolute atomic E-state index is 5.53. The molecule has 0 bridgehead atoms. The maximum Gasteiger partial charge on any atom is 0.147 e. The lowest BCUT2D eigenvalue weighted by atomic mass is 9.86. The lowest BCUT2D eigenvalue weighted by Crippen LogP contribution is -2.47. The summed E-state index contributed by atoms with van der Waals surface area (Å²) in [5, 5.41) is 0. The van der Waals surface area contributed by atoms with Crippen LogP contribution in [0.4, 0.5) is 11.5 Å². The van der Waals surface area contributed by atoms with Crippen molar-refractivity contribution in [1.29, 1.82) is 0 Å². The molecule has 3 aromatic rings. The molecule has 4 rings (SSSR count). The monoisotopic (exact) mass is 402 g/mol. The molecule has 0 saturated carbocycles. The van der Waals surface area contributed by atoms with Gasteiger partial charge in [0.15, 0.2) is 0 Å². The summed E-state index contributed by atoms with van der Waals surface area (Å²) in [6.07, 6.45) is 3.71. The van der Waals surface area contributed by atoms with Gasteiger partial charge >= 0.3 is 0 Å². The SMILES string of the molecule is COc1ccccc1N1CCN(c2cncc(-c3ccc(C(C)(C)C)cc3)n2)CC1. The minimum atomic E-state index is 0.146. The van der Waals surface area contributed by atoms with Crippen molar-refractivity contribution in [1.82, 2.24) is 9.97 Å². The summed E-state index contributed by atoms with van der Waals surface area (Å²) < 4.78 is 5.53. The Balaban J connectivity index is 1.47. The Morgan fingerprint density at radius 3 is 2.17 bits per heavy atom. The Labute approximate surface area is 179 Å². The van der Waals surface area contributed by atoms with Crippen LogP contribution in [0.5, 0.6) is 5.75 Å². The van der Waals surface area contributed by atoms with E-state index in [4.69, 9.17) is 9.72 Å². The molecule has 30 heavy (non-hydrogen) atoms. The lowest BCUT2D eigenvalue weighted by molar-refractivity contribution is 0.413. The second-order valence-corrected chi connectivity index (χ2v) is 8.74. The quantitative estimate of drug-likeness (QED) is 0.628. The van der Waals surface area contributed by atoms with Crippen molar-refractivity contribution in [3.63, 3.8) is 0 Å². The highest BCUT2D eigenvalue weighted by atomic mass is 16.5.